The minimum absolute atomic E-state index is 0.0163. The van der Waals surface area contributed by atoms with Crippen LogP contribution in [0, 0.1) is 0 Å². The molecule has 7 heteroatoms. The average molecular weight is 324 g/mol. The van der Waals surface area contributed by atoms with Gasteiger partial charge in [-0.1, -0.05) is 43.7 Å². The van der Waals surface area contributed by atoms with Gasteiger partial charge in [-0.3, -0.25) is 5.84 Å². The number of aliphatic hydroxyl groups is 1. The molecule has 0 amide bonds. The molecular formula is C16H24N2O5. The van der Waals surface area contributed by atoms with Crippen LogP contribution in [0.1, 0.15) is 31.4 Å². The first kappa shape index (κ1) is 20.8. The Kier molecular flexibility index (Phi) is 10.3. The van der Waals surface area contributed by atoms with E-state index in [2.05, 4.69) is 6.92 Å². The topological polar surface area (TPSA) is 124 Å². The smallest absolute Gasteiger partial charge is 0.328 e. The standard InChI is InChI=1S/C12H20N2O.C4H4O4/c1-3-7-11(14(2)13)12(15)10-8-5-4-6-9-10;5-3(6)1-2-4(7)8/h4-6,8-9,11-12,15H,3,7,13H2,1-2H3;1-2H,(H,5,6)(H,7,8)/b;2-1+/t11-,12+;/m0./s1. The van der Waals surface area contributed by atoms with Gasteiger partial charge in [-0.05, 0) is 12.0 Å². The summed E-state index contributed by atoms with van der Waals surface area (Å²) < 4.78 is 0. The highest BCUT2D eigenvalue weighted by molar-refractivity contribution is 5.89. The van der Waals surface area contributed by atoms with Gasteiger partial charge in [0.2, 0.25) is 0 Å². The lowest BCUT2D eigenvalue weighted by atomic mass is 9.98. The maximum Gasteiger partial charge on any atom is 0.328 e. The van der Waals surface area contributed by atoms with Crippen molar-refractivity contribution in [2.24, 2.45) is 5.84 Å². The van der Waals surface area contributed by atoms with Crippen LogP contribution < -0.4 is 5.84 Å². The second-order valence-electron chi connectivity index (χ2n) is 4.89. The van der Waals surface area contributed by atoms with Crippen molar-refractivity contribution in [3.63, 3.8) is 0 Å². The number of hydrazine groups is 1. The number of carbonyl (C=O) groups is 2. The van der Waals surface area contributed by atoms with E-state index in [9.17, 15) is 14.7 Å². The molecular weight excluding hydrogens is 300 g/mol. The highest BCUT2D eigenvalue weighted by Gasteiger charge is 2.22. The summed E-state index contributed by atoms with van der Waals surface area (Å²) in [7, 11) is 1.80. The van der Waals surface area contributed by atoms with Crippen molar-refractivity contribution >= 4 is 11.9 Å². The number of benzene rings is 1. The second kappa shape index (κ2) is 11.4. The highest BCUT2D eigenvalue weighted by atomic mass is 16.4. The molecule has 2 atom stereocenters. The number of hydrogen-bond donors (Lipinski definition) is 4. The van der Waals surface area contributed by atoms with Gasteiger partial charge in [0.25, 0.3) is 0 Å². The molecule has 0 saturated carbocycles. The summed E-state index contributed by atoms with van der Waals surface area (Å²) >= 11 is 0. The van der Waals surface area contributed by atoms with Gasteiger partial charge in [0, 0.05) is 19.2 Å². The number of carboxylic acid groups (broad SMARTS) is 2. The van der Waals surface area contributed by atoms with Crippen LogP contribution >= 0.6 is 0 Å². The van der Waals surface area contributed by atoms with Gasteiger partial charge < -0.3 is 15.3 Å². The van der Waals surface area contributed by atoms with Crippen molar-refractivity contribution in [2.45, 2.75) is 31.9 Å². The van der Waals surface area contributed by atoms with E-state index >= 15 is 0 Å². The molecule has 0 aliphatic rings. The van der Waals surface area contributed by atoms with E-state index in [-0.39, 0.29) is 6.04 Å². The SMILES string of the molecule is CCC[C@@H]([C@H](O)c1ccccc1)N(C)N.O=C(O)/C=C/C(=O)O. The fourth-order valence-electron chi connectivity index (χ4n) is 1.89. The molecule has 5 N–H and O–H groups in total. The number of rotatable bonds is 7. The Bertz CT molecular complexity index is 486. The second-order valence-corrected chi connectivity index (χ2v) is 4.89. The summed E-state index contributed by atoms with van der Waals surface area (Å²) in [5.74, 6) is 3.22. The summed E-state index contributed by atoms with van der Waals surface area (Å²) in [4.78, 5) is 19.1. The molecule has 0 fully saturated rings. The van der Waals surface area contributed by atoms with Crippen molar-refractivity contribution in [3.05, 3.63) is 48.0 Å². The fourth-order valence-corrected chi connectivity index (χ4v) is 1.89. The molecule has 0 radical (unpaired) electrons. The summed E-state index contributed by atoms with van der Waals surface area (Å²) in [6.45, 7) is 2.09. The molecule has 0 aliphatic heterocycles. The maximum absolute atomic E-state index is 10.2. The Morgan fingerprint density at radius 3 is 2.00 bits per heavy atom. The first-order chi connectivity index (χ1) is 10.8. The molecule has 0 aromatic heterocycles. The van der Waals surface area contributed by atoms with Gasteiger partial charge in [-0.15, -0.1) is 0 Å². The minimum Gasteiger partial charge on any atom is -0.478 e. The lowest BCUT2D eigenvalue weighted by molar-refractivity contribution is -0.134. The third-order valence-electron chi connectivity index (χ3n) is 2.98. The lowest BCUT2D eigenvalue weighted by Crippen LogP contribution is -2.41. The number of nitrogens with zero attached hydrogens (tertiary/aromatic N) is 1. The summed E-state index contributed by atoms with van der Waals surface area (Å²) in [5, 5.41) is 27.4. The molecule has 0 saturated heterocycles. The molecule has 1 aromatic carbocycles. The number of likely N-dealkylation sites (N-methyl/N-ethyl adjacent to an activating group) is 1. The molecule has 1 rings (SSSR count). The zero-order valence-corrected chi connectivity index (χ0v) is 13.3. The molecule has 23 heavy (non-hydrogen) atoms. The summed E-state index contributed by atoms with van der Waals surface area (Å²) in [6, 6.07) is 9.64. The van der Waals surface area contributed by atoms with Crippen LogP contribution in [0.15, 0.2) is 42.5 Å². The summed E-state index contributed by atoms with van der Waals surface area (Å²) in [5.41, 5.74) is 0.924. The third-order valence-corrected chi connectivity index (χ3v) is 2.98. The largest absolute Gasteiger partial charge is 0.478 e. The Hall–Kier alpha value is -2.22. The van der Waals surface area contributed by atoms with E-state index in [0.717, 1.165) is 18.4 Å². The van der Waals surface area contributed by atoms with Gasteiger partial charge in [0.05, 0.1) is 12.1 Å². The predicted molar refractivity (Wildman–Crippen MR) is 86.5 cm³/mol. The monoisotopic (exact) mass is 324 g/mol. The van der Waals surface area contributed by atoms with E-state index < -0.39 is 18.0 Å². The predicted octanol–water partition coefficient (Wildman–Crippen LogP) is 1.41. The van der Waals surface area contributed by atoms with Gasteiger partial charge in [0.1, 0.15) is 0 Å². The number of hydrogen-bond acceptors (Lipinski definition) is 5. The van der Waals surface area contributed by atoms with E-state index in [1.54, 1.807) is 12.1 Å². The zero-order valence-electron chi connectivity index (χ0n) is 13.3. The van der Waals surface area contributed by atoms with Crippen LogP contribution in [0.4, 0.5) is 0 Å². The third kappa shape index (κ3) is 9.41. The lowest BCUT2D eigenvalue weighted by Gasteiger charge is -2.28. The average Bonchev–Trinajstić information content (AvgIpc) is 2.51. The highest BCUT2D eigenvalue weighted by Crippen LogP contribution is 2.21. The first-order valence-corrected chi connectivity index (χ1v) is 7.14. The van der Waals surface area contributed by atoms with Crippen LogP contribution in [0.5, 0.6) is 0 Å². The minimum atomic E-state index is -1.26. The Balaban J connectivity index is 0.000000515. The van der Waals surface area contributed by atoms with Crippen molar-refractivity contribution in [1.29, 1.82) is 0 Å². The normalized spacial score (nSPS) is 13.3. The van der Waals surface area contributed by atoms with Crippen LogP contribution in [-0.4, -0.2) is 45.4 Å². The molecule has 0 heterocycles. The maximum atomic E-state index is 10.2. The molecule has 128 valence electrons. The quantitative estimate of drug-likeness (QED) is 0.339. The fraction of sp³-hybridized carbons (Fsp3) is 0.375. The molecule has 1 aromatic rings. The van der Waals surface area contributed by atoms with Crippen molar-refractivity contribution in [3.8, 4) is 0 Å². The summed E-state index contributed by atoms with van der Waals surface area (Å²) in [6.07, 6.45) is 2.50. The van der Waals surface area contributed by atoms with Crippen LogP contribution in [-0.2, 0) is 9.59 Å². The van der Waals surface area contributed by atoms with E-state index in [1.807, 2.05) is 30.3 Å². The Labute approximate surface area is 135 Å². The van der Waals surface area contributed by atoms with E-state index in [4.69, 9.17) is 16.1 Å². The molecule has 0 bridgehead atoms. The van der Waals surface area contributed by atoms with Crippen molar-refractivity contribution in [2.75, 3.05) is 7.05 Å². The Morgan fingerprint density at radius 1 is 1.17 bits per heavy atom. The number of aliphatic hydroxyl groups excluding tert-OH is 1. The van der Waals surface area contributed by atoms with Gasteiger partial charge in [0.15, 0.2) is 0 Å². The van der Waals surface area contributed by atoms with Crippen LogP contribution in [0.3, 0.4) is 0 Å². The van der Waals surface area contributed by atoms with Crippen LogP contribution in [0.2, 0.25) is 0 Å². The molecule has 0 spiro atoms. The number of carboxylic acids is 2. The van der Waals surface area contributed by atoms with Gasteiger partial charge in [-0.2, -0.15) is 0 Å². The number of nitrogens with two attached hydrogens (primary N) is 1. The van der Waals surface area contributed by atoms with Crippen molar-refractivity contribution in [1.82, 2.24) is 5.01 Å². The first-order valence-electron chi connectivity index (χ1n) is 7.14. The van der Waals surface area contributed by atoms with E-state index in [1.165, 1.54) is 0 Å². The molecule has 0 aliphatic carbocycles. The Morgan fingerprint density at radius 2 is 1.65 bits per heavy atom. The van der Waals surface area contributed by atoms with Gasteiger partial charge >= 0.3 is 11.9 Å². The van der Waals surface area contributed by atoms with Crippen LogP contribution in [0.25, 0.3) is 0 Å². The molecule has 7 nitrogen and oxygen atoms in total. The molecule has 0 unspecified atom stereocenters. The number of aliphatic carboxylic acids is 2. The zero-order chi connectivity index (χ0) is 17.8. The van der Waals surface area contributed by atoms with Crippen molar-refractivity contribution < 1.29 is 24.9 Å². The van der Waals surface area contributed by atoms with Gasteiger partial charge in [-0.25, -0.2) is 14.6 Å². The van der Waals surface area contributed by atoms with E-state index in [0.29, 0.717) is 12.2 Å².